The number of aromatic carboxylic acids is 1. The molecule has 0 saturated carbocycles. The molecule has 1 aromatic rings. The van der Waals surface area contributed by atoms with Crippen LogP contribution in [-0.2, 0) is 26.1 Å². The highest BCUT2D eigenvalue weighted by molar-refractivity contribution is 7.84. The van der Waals surface area contributed by atoms with Gasteiger partial charge in [-0.05, 0) is 24.1 Å². The Hall–Kier alpha value is -1.69. The summed E-state index contributed by atoms with van der Waals surface area (Å²) in [6.45, 7) is 2.47. The van der Waals surface area contributed by atoms with E-state index >= 15 is 0 Å². The van der Waals surface area contributed by atoms with Crippen LogP contribution >= 0.6 is 0 Å². The molecule has 0 aliphatic carbocycles. The third kappa shape index (κ3) is 7.36. The Balaban J connectivity index is 2.35. The second kappa shape index (κ2) is 10.1. The number of carboxylic acid groups (broad SMARTS) is 1. The van der Waals surface area contributed by atoms with Crippen LogP contribution in [-0.4, -0.2) is 33.6 Å². The van der Waals surface area contributed by atoms with Gasteiger partial charge in [-0.15, -0.1) is 0 Å². The molecule has 0 fully saturated rings. The third-order valence-corrected chi connectivity index (χ3v) is 4.25. The fourth-order valence-corrected chi connectivity index (χ4v) is 2.92. The zero-order valence-electron chi connectivity index (χ0n) is 12.7. The van der Waals surface area contributed by atoms with E-state index in [1.807, 2.05) is 0 Å². The predicted molar refractivity (Wildman–Crippen MR) is 85.2 cm³/mol. The molecule has 0 aliphatic heterocycles. The monoisotopic (exact) mass is 326 g/mol. The number of esters is 1. The van der Waals surface area contributed by atoms with Crippen molar-refractivity contribution < 1.29 is 23.6 Å². The van der Waals surface area contributed by atoms with Gasteiger partial charge in [0.1, 0.15) is 5.75 Å². The smallest absolute Gasteiger partial charge is 0.335 e. The van der Waals surface area contributed by atoms with Crippen molar-refractivity contribution in [1.82, 2.24) is 0 Å². The number of ether oxygens (including phenoxy) is 1. The summed E-state index contributed by atoms with van der Waals surface area (Å²) in [5, 5.41) is 8.90. The van der Waals surface area contributed by atoms with E-state index < -0.39 is 22.7 Å². The molecule has 5 nitrogen and oxygen atoms in total. The van der Waals surface area contributed by atoms with Gasteiger partial charge in [-0.25, -0.2) is 4.79 Å². The largest absolute Gasteiger partial charge is 0.478 e. The normalized spacial score (nSPS) is 11.9. The van der Waals surface area contributed by atoms with E-state index in [4.69, 9.17) is 9.84 Å². The van der Waals surface area contributed by atoms with Crippen molar-refractivity contribution in [2.75, 3.05) is 12.4 Å². The topological polar surface area (TPSA) is 80.7 Å². The molecule has 1 rings (SSSR count). The number of carbonyl (C=O) groups excluding carboxylic acids is 1. The van der Waals surface area contributed by atoms with E-state index in [0.29, 0.717) is 12.2 Å². The van der Waals surface area contributed by atoms with Crippen molar-refractivity contribution >= 4 is 22.7 Å². The van der Waals surface area contributed by atoms with Crippen LogP contribution in [0.25, 0.3) is 0 Å². The maximum atomic E-state index is 11.9. The summed E-state index contributed by atoms with van der Waals surface area (Å²) in [6.07, 6.45) is 4.08. The van der Waals surface area contributed by atoms with E-state index in [2.05, 4.69) is 6.92 Å². The number of unbranched alkanes of at least 4 members (excludes halogenated alkanes) is 3. The summed E-state index contributed by atoms with van der Waals surface area (Å²) in [7, 11) is -1.40. The number of rotatable bonds is 10. The third-order valence-electron chi connectivity index (χ3n) is 3.04. The molecule has 1 aromatic carbocycles. The van der Waals surface area contributed by atoms with Crippen molar-refractivity contribution in [1.29, 1.82) is 0 Å². The second-order valence-corrected chi connectivity index (χ2v) is 6.47. The molecule has 0 amide bonds. The van der Waals surface area contributed by atoms with Crippen molar-refractivity contribution in [3.05, 3.63) is 35.4 Å². The maximum Gasteiger partial charge on any atom is 0.335 e. The van der Waals surface area contributed by atoms with Gasteiger partial charge in [-0.1, -0.05) is 38.3 Å². The molecular formula is C16H22O5S. The summed E-state index contributed by atoms with van der Waals surface area (Å²) in [5.74, 6) is -1.51. The van der Waals surface area contributed by atoms with Crippen molar-refractivity contribution in [2.45, 2.75) is 38.4 Å². The molecule has 122 valence electrons. The van der Waals surface area contributed by atoms with Crippen LogP contribution in [0.5, 0.6) is 0 Å². The number of carbonyl (C=O) groups is 2. The highest BCUT2D eigenvalue weighted by Crippen LogP contribution is 2.08. The molecule has 6 heteroatoms. The van der Waals surface area contributed by atoms with Crippen molar-refractivity contribution in [3.63, 3.8) is 0 Å². The van der Waals surface area contributed by atoms with Gasteiger partial charge in [0.2, 0.25) is 0 Å². The molecule has 0 radical (unpaired) electrons. The van der Waals surface area contributed by atoms with Crippen molar-refractivity contribution in [2.24, 2.45) is 0 Å². The number of benzene rings is 1. The summed E-state index contributed by atoms with van der Waals surface area (Å²) in [5.41, 5.74) is 0.780. The fourth-order valence-electron chi connectivity index (χ4n) is 1.92. The van der Waals surface area contributed by atoms with Gasteiger partial charge in [-0.2, -0.15) is 0 Å². The molecule has 1 unspecified atom stereocenters. The minimum atomic E-state index is -1.40. The SMILES string of the molecule is CCCCCCOC(=O)CS(=O)Cc1cccc(C(=O)O)c1. The summed E-state index contributed by atoms with van der Waals surface area (Å²) < 4.78 is 16.9. The first-order chi connectivity index (χ1) is 10.5. The molecule has 0 spiro atoms. The fraction of sp³-hybridized carbons (Fsp3) is 0.500. The molecule has 0 aliphatic rings. The lowest BCUT2D eigenvalue weighted by Crippen LogP contribution is -2.16. The molecule has 22 heavy (non-hydrogen) atoms. The average molecular weight is 326 g/mol. The lowest BCUT2D eigenvalue weighted by atomic mass is 10.1. The highest BCUT2D eigenvalue weighted by atomic mass is 32.2. The van der Waals surface area contributed by atoms with Crippen LogP contribution in [0, 0.1) is 0 Å². The quantitative estimate of drug-likeness (QED) is 0.528. The number of hydrogen-bond donors (Lipinski definition) is 1. The molecule has 0 saturated heterocycles. The first-order valence-corrected chi connectivity index (χ1v) is 8.84. The summed E-state index contributed by atoms with van der Waals surface area (Å²) in [6, 6.07) is 6.23. The minimum absolute atomic E-state index is 0.145. The van der Waals surface area contributed by atoms with Crippen molar-refractivity contribution in [3.8, 4) is 0 Å². The summed E-state index contributed by atoms with van der Waals surface area (Å²) in [4.78, 5) is 22.4. The van der Waals surface area contributed by atoms with Gasteiger partial charge >= 0.3 is 11.9 Å². The standard InChI is InChI=1S/C16H22O5S/c1-2-3-4-5-9-21-15(17)12-22(20)11-13-7-6-8-14(10-13)16(18)19/h6-8,10H,2-5,9,11-12H2,1H3,(H,18,19). The lowest BCUT2D eigenvalue weighted by Gasteiger charge is -2.05. The number of carboxylic acids is 1. The Morgan fingerprint density at radius 2 is 2.00 bits per heavy atom. The van der Waals surface area contributed by atoms with Gasteiger partial charge < -0.3 is 9.84 Å². The zero-order chi connectivity index (χ0) is 16.4. The molecule has 1 atom stereocenters. The Labute approximate surface area is 133 Å². The van der Waals surface area contributed by atoms with Gasteiger partial charge in [0.25, 0.3) is 0 Å². The highest BCUT2D eigenvalue weighted by Gasteiger charge is 2.11. The first kappa shape index (κ1) is 18.4. The second-order valence-electron chi connectivity index (χ2n) is 5.02. The molecule has 0 aromatic heterocycles. The Kier molecular flexibility index (Phi) is 8.43. The van der Waals surface area contributed by atoms with E-state index in [0.717, 1.165) is 25.7 Å². The Morgan fingerprint density at radius 1 is 1.23 bits per heavy atom. The van der Waals surface area contributed by atoms with Gasteiger partial charge in [0.05, 0.1) is 12.2 Å². The van der Waals surface area contributed by atoms with Gasteiger partial charge in [-0.3, -0.25) is 9.00 Å². The molecule has 0 heterocycles. The summed E-state index contributed by atoms with van der Waals surface area (Å²) >= 11 is 0. The number of hydrogen-bond acceptors (Lipinski definition) is 4. The predicted octanol–water partition coefficient (Wildman–Crippen LogP) is 2.76. The van der Waals surface area contributed by atoms with Crippen LogP contribution in [0.4, 0.5) is 0 Å². The van der Waals surface area contributed by atoms with E-state index in [9.17, 15) is 13.8 Å². The van der Waals surface area contributed by atoms with Gasteiger partial charge in [0.15, 0.2) is 0 Å². The van der Waals surface area contributed by atoms with Crippen LogP contribution in [0.3, 0.4) is 0 Å². The van der Waals surface area contributed by atoms with Gasteiger partial charge in [0, 0.05) is 16.6 Å². The van der Waals surface area contributed by atoms with Crippen LogP contribution in [0.2, 0.25) is 0 Å². The molecule has 1 N–H and O–H groups in total. The van der Waals surface area contributed by atoms with E-state index in [1.54, 1.807) is 12.1 Å². The molecule has 0 bridgehead atoms. The maximum absolute atomic E-state index is 11.9. The molecular weight excluding hydrogens is 304 g/mol. The first-order valence-electron chi connectivity index (χ1n) is 7.35. The van der Waals surface area contributed by atoms with E-state index in [-0.39, 0.29) is 17.1 Å². The minimum Gasteiger partial charge on any atom is -0.478 e. The Bertz CT molecular complexity index is 527. The zero-order valence-corrected chi connectivity index (χ0v) is 13.6. The van der Waals surface area contributed by atoms with Crippen LogP contribution in [0.15, 0.2) is 24.3 Å². The van der Waals surface area contributed by atoms with Crippen LogP contribution in [0.1, 0.15) is 48.5 Å². The van der Waals surface area contributed by atoms with Crippen LogP contribution < -0.4 is 0 Å². The average Bonchev–Trinajstić information content (AvgIpc) is 2.47. The Morgan fingerprint density at radius 3 is 2.68 bits per heavy atom. The van der Waals surface area contributed by atoms with E-state index in [1.165, 1.54) is 12.1 Å². The lowest BCUT2D eigenvalue weighted by molar-refractivity contribution is -0.140.